The molecule has 0 amide bonds. The van der Waals surface area contributed by atoms with E-state index in [0.29, 0.717) is 0 Å². The van der Waals surface area contributed by atoms with Gasteiger partial charge < -0.3 is 35.5 Å². The molecule has 0 spiro atoms. The lowest BCUT2D eigenvalue weighted by atomic mass is 10.1. The molecular formula is C29H68N2O6Si2+2. The van der Waals surface area contributed by atoms with Crippen LogP contribution in [0, 0.1) is 0 Å². The largest absolute Gasteiger partial charge is 0.500 e. The number of nitrogens with zero attached hydrogens (tertiary/aromatic N) is 2. The predicted molar refractivity (Wildman–Crippen MR) is 167 cm³/mol. The highest BCUT2D eigenvalue weighted by Crippen LogP contribution is 2.20. The van der Waals surface area contributed by atoms with E-state index in [2.05, 4.69) is 28.2 Å². The van der Waals surface area contributed by atoms with Crippen molar-refractivity contribution in [2.24, 2.45) is 0 Å². The molecule has 0 heterocycles. The van der Waals surface area contributed by atoms with Gasteiger partial charge in [0, 0.05) is 61.2 Å². The van der Waals surface area contributed by atoms with Crippen LogP contribution in [0.25, 0.3) is 0 Å². The molecule has 236 valence electrons. The van der Waals surface area contributed by atoms with Gasteiger partial charge in [0.15, 0.2) is 0 Å². The monoisotopic (exact) mass is 596 g/mol. The molecule has 0 bridgehead atoms. The van der Waals surface area contributed by atoms with Crippen molar-refractivity contribution in [3.05, 3.63) is 0 Å². The molecule has 10 heteroatoms. The summed E-state index contributed by atoms with van der Waals surface area (Å²) in [6.45, 7) is 5.11. The van der Waals surface area contributed by atoms with Gasteiger partial charge in [-0.15, -0.1) is 0 Å². The van der Waals surface area contributed by atoms with Crippen molar-refractivity contribution in [3.8, 4) is 0 Å². The Morgan fingerprint density at radius 2 is 0.564 bits per heavy atom. The maximum Gasteiger partial charge on any atom is 0.500 e. The molecule has 0 fully saturated rings. The zero-order chi connectivity index (χ0) is 29.7. The molecular weight excluding hydrogens is 528 g/mol. The zero-order valence-corrected chi connectivity index (χ0v) is 29.8. The quantitative estimate of drug-likeness (QED) is 0.0631. The van der Waals surface area contributed by atoms with Crippen molar-refractivity contribution < 1.29 is 35.5 Å². The average molecular weight is 597 g/mol. The second kappa shape index (κ2) is 21.8. The Kier molecular flexibility index (Phi) is 21.8. The topological polar surface area (TPSA) is 55.4 Å². The molecule has 39 heavy (non-hydrogen) atoms. The number of rotatable bonds is 28. The van der Waals surface area contributed by atoms with Gasteiger partial charge in [-0.1, -0.05) is 38.5 Å². The van der Waals surface area contributed by atoms with Crippen molar-refractivity contribution in [2.75, 3.05) is 97.0 Å². The van der Waals surface area contributed by atoms with Crippen molar-refractivity contribution in [2.45, 2.75) is 95.6 Å². The minimum Gasteiger partial charge on any atom is -0.377 e. The molecule has 0 aromatic carbocycles. The third-order valence-electron chi connectivity index (χ3n) is 8.39. The Balaban J connectivity index is 3.86. The second-order valence-corrected chi connectivity index (χ2v) is 18.6. The van der Waals surface area contributed by atoms with Crippen LogP contribution in [0.5, 0.6) is 0 Å². The summed E-state index contributed by atoms with van der Waals surface area (Å²) in [5, 5.41) is 0. The Labute approximate surface area is 245 Å². The van der Waals surface area contributed by atoms with Gasteiger partial charge in [-0.25, -0.2) is 0 Å². The molecule has 0 radical (unpaired) electrons. The maximum atomic E-state index is 5.51. The molecule has 0 aliphatic heterocycles. The van der Waals surface area contributed by atoms with Gasteiger partial charge in [0.25, 0.3) is 0 Å². The molecule has 8 nitrogen and oxygen atoms in total. The van der Waals surface area contributed by atoms with E-state index >= 15 is 0 Å². The standard InChI is InChI=1S/C29H68N2O6Si2/c1-30(2,24-19-15-11-13-17-21-28-38(32-5,33-6)34-7)26-23-27-31(3,4)25-20-16-12-14-18-22-29-39(35-8,36-9)37-10/h11-29H2,1-10H3/q+2. The smallest absolute Gasteiger partial charge is 0.377 e. The first-order valence-corrected chi connectivity index (χ1v) is 19.3. The fourth-order valence-corrected chi connectivity index (χ4v) is 9.03. The zero-order valence-electron chi connectivity index (χ0n) is 27.8. The van der Waals surface area contributed by atoms with Gasteiger partial charge in [-0.2, -0.15) is 0 Å². The maximum absolute atomic E-state index is 5.51. The first-order chi connectivity index (χ1) is 18.5. The average Bonchev–Trinajstić information content (AvgIpc) is 2.92. The third-order valence-corrected chi connectivity index (χ3v) is 14.0. The normalized spacial score (nSPS) is 13.4. The number of quaternary nitrogens is 2. The summed E-state index contributed by atoms with van der Waals surface area (Å²) in [7, 11) is 15.1. The minimum atomic E-state index is -2.38. The van der Waals surface area contributed by atoms with E-state index in [-0.39, 0.29) is 0 Å². The van der Waals surface area contributed by atoms with Gasteiger partial charge in [-0.05, 0) is 38.5 Å². The van der Waals surface area contributed by atoms with Crippen LogP contribution in [0.4, 0.5) is 0 Å². The summed E-state index contributed by atoms with van der Waals surface area (Å²) in [6.07, 6.45) is 16.5. The summed E-state index contributed by atoms with van der Waals surface area (Å²) in [4.78, 5) is 0. The van der Waals surface area contributed by atoms with Crippen molar-refractivity contribution in [1.29, 1.82) is 0 Å². The minimum absolute atomic E-state index is 0.914. The van der Waals surface area contributed by atoms with Crippen LogP contribution in [-0.2, 0) is 26.6 Å². The summed E-state index contributed by atoms with van der Waals surface area (Å²) < 4.78 is 35.4. The molecule has 0 aliphatic rings. The highest BCUT2D eigenvalue weighted by atomic mass is 28.4. The van der Waals surface area contributed by atoms with Gasteiger partial charge in [0.1, 0.15) is 0 Å². The van der Waals surface area contributed by atoms with Gasteiger partial charge in [0.2, 0.25) is 0 Å². The van der Waals surface area contributed by atoms with E-state index in [1.54, 1.807) is 42.7 Å². The van der Waals surface area contributed by atoms with E-state index in [1.807, 2.05) is 0 Å². The van der Waals surface area contributed by atoms with Crippen LogP contribution in [0.1, 0.15) is 83.5 Å². The van der Waals surface area contributed by atoms with Crippen LogP contribution in [0.15, 0.2) is 0 Å². The molecule has 0 unspecified atom stereocenters. The number of unbranched alkanes of at least 4 members (excludes halogenated alkanes) is 10. The summed E-state index contributed by atoms with van der Waals surface area (Å²) in [6, 6.07) is 1.83. The second-order valence-electron chi connectivity index (χ2n) is 12.5. The Hall–Kier alpha value is 0.114. The van der Waals surface area contributed by atoms with Crippen LogP contribution in [-0.4, -0.2) is 124 Å². The van der Waals surface area contributed by atoms with Crippen molar-refractivity contribution in [1.82, 2.24) is 0 Å². The Bertz CT molecular complexity index is 511. The van der Waals surface area contributed by atoms with Crippen LogP contribution in [0.2, 0.25) is 12.1 Å². The third kappa shape index (κ3) is 18.3. The number of hydrogen-bond acceptors (Lipinski definition) is 6. The molecule has 0 aromatic rings. The van der Waals surface area contributed by atoms with Crippen LogP contribution < -0.4 is 0 Å². The lowest BCUT2D eigenvalue weighted by Gasteiger charge is -2.33. The lowest BCUT2D eigenvalue weighted by molar-refractivity contribution is -0.909. The van der Waals surface area contributed by atoms with E-state index in [1.165, 1.54) is 96.8 Å². The van der Waals surface area contributed by atoms with Gasteiger partial charge in [0.05, 0.1) is 54.4 Å². The van der Waals surface area contributed by atoms with Crippen molar-refractivity contribution in [3.63, 3.8) is 0 Å². The molecule has 0 rings (SSSR count). The molecule has 0 saturated carbocycles. The van der Waals surface area contributed by atoms with E-state index in [4.69, 9.17) is 26.6 Å². The van der Waals surface area contributed by atoms with Gasteiger partial charge >= 0.3 is 17.6 Å². The Morgan fingerprint density at radius 1 is 0.333 bits per heavy atom. The molecule has 0 aromatic heterocycles. The van der Waals surface area contributed by atoms with E-state index in [9.17, 15) is 0 Å². The number of hydrogen-bond donors (Lipinski definition) is 0. The van der Waals surface area contributed by atoms with Crippen molar-refractivity contribution >= 4 is 17.6 Å². The first-order valence-electron chi connectivity index (χ1n) is 15.4. The lowest BCUT2D eigenvalue weighted by Crippen LogP contribution is -2.46. The Morgan fingerprint density at radius 3 is 0.846 bits per heavy atom. The highest BCUT2D eigenvalue weighted by molar-refractivity contribution is 6.60. The van der Waals surface area contributed by atoms with Crippen LogP contribution in [0.3, 0.4) is 0 Å². The SMILES string of the molecule is CO[Si](CCCCCCCC[N+](C)(C)CCC[N+](C)(C)CCCCCCCC[Si](OC)(OC)OC)(OC)OC. The van der Waals surface area contributed by atoms with Crippen LogP contribution >= 0.6 is 0 Å². The van der Waals surface area contributed by atoms with E-state index in [0.717, 1.165) is 33.9 Å². The first kappa shape index (κ1) is 39.1. The van der Waals surface area contributed by atoms with Gasteiger partial charge in [-0.3, -0.25) is 0 Å². The fraction of sp³-hybridized carbons (Fsp3) is 1.00. The van der Waals surface area contributed by atoms with E-state index < -0.39 is 17.6 Å². The highest BCUT2D eigenvalue weighted by Gasteiger charge is 2.37. The summed E-state index contributed by atoms with van der Waals surface area (Å²) in [5.41, 5.74) is 0. The summed E-state index contributed by atoms with van der Waals surface area (Å²) >= 11 is 0. The molecule has 0 atom stereocenters. The summed E-state index contributed by atoms with van der Waals surface area (Å²) in [5.74, 6) is 0. The predicted octanol–water partition coefficient (Wildman–Crippen LogP) is 5.97. The molecule has 0 aliphatic carbocycles. The fourth-order valence-electron chi connectivity index (χ4n) is 5.44. The molecule has 0 N–H and O–H groups in total. The molecule has 0 saturated heterocycles.